The minimum Gasteiger partial charge on any atom is -0.496 e. The molecule has 0 saturated carbocycles. The normalized spacial score (nSPS) is 10.1. The summed E-state index contributed by atoms with van der Waals surface area (Å²) < 4.78 is 6.06. The highest BCUT2D eigenvalue weighted by Gasteiger charge is 2.12. The van der Waals surface area contributed by atoms with E-state index in [4.69, 9.17) is 4.74 Å². The van der Waals surface area contributed by atoms with Gasteiger partial charge in [0.1, 0.15) is 5.75 Å². The van der Waals surface area contributed by atoms with Crippen LogP contribution in [0.4, 0.5) is 0 Å². The van der Waals surface area contributed by atoms with E-state index in [2.05, 4.69) is 26.2 Å². The number of aromatic nitrogens is 1. The van der Waals surface area contributed by atoms with Crippen molar-refractivity contribution in [3.8, 4) is 5.75 Å². The minimum atomic E-state index is -0.152. The highest BCUT2D eigenvalue weighted by Crippen LogP contribution is 2.23. The first-order valence-corrected chi connectivity index (χ1v) is 6.23. The molecular weight excluding hydrogens is 296 g/mol. The Labute approximate surface area is 113 Å². The number of halogens is 1. The van der Waals surface area contributed by atoms with Gasteiger partial charge in [0.15, 0.2) is 0 Å². The zero-order chi connectivity index (χ0) is 13.0. The molecule has 1 heterocycles. The molecule has 0 saturated heterocycles. The average Bonchev–Trinajstić information content (AvgIpc) is 2.88. The third-order valence-electron chi connectivity index (χ3n) is 2.52. The number of methoxy groups -OCH3 is 1. The molecule has 0 fully saturated rings. The SMILES string of the molecule is COc1cc(Br)ccc1C(=O)NCc1cc[nH]c1. The van der Waals surface area contributed by atoms with Gasteiger partial charge in [0.25, 0.3) is 5.91 Å². The lowest BCUT2D eigenvalue weighted by molar-refractivity contribution is 0.0948. The molecule has 0 radical (unpaired) electrons. The zero-order valence-corrected chi connectivity index (χ0v) is 11.5. The number of hydrogen-bond acceptors (Lipinski definition) is 2. The fraction of sp³-hybridized carbons (Fsp3) is 0.154. The Balaban J connectivity index is 2.09. The molecule has 0 aliphatic carbocycles. The summed E-state index contributed by atoms with van der Waals surface area (Å²) in [6.45, 7) is 0.488. The molecule has 0 aliphatic rings. The smallest absolute Gasteiger partial charge is 0.255 e. The Morgan fingerprint density at radius 1 is 1.44 bits per heavy atom. The van der Waals surface area contributed by atoms with Gasteiger partial charge in [0, 0.05) is 23.4 Å². The van der Waals surface area contributed by atoms with Crippen LogP contribution in [0, 0.1) is 0 Å². The summed E-state index contributed by atoms with van der Waals surface area (Å²) >= 11 is 3.34. The second-order valence-corrected chi connectivity index (χ2v) is 4.66. The highest BCUT2D eigenvalue weighted by atomic mass is 79.9. The van der Waals surface area contributed by atoms with E-state index < -0.39 is 0 Å². The first-order valence-electron chi connectivity index (χ1n) is 5.44. The van der Waals surface area contributed by atoms with Crippen molar-refractivity contribution in [2.45, 2.75) is 6.54 Å². The maximum absolute atomic E-state index is 12.0. The van der Waals surface area contributed by atoms with Crippen LogP contribution in [0.3, 0.4) is 0 Å². The van der Waals surface area contributed by atoms with Gasteiger partial charge in [0.05, 0.1) is 12.7 Å². The molecule has 18 heavy (non-hydrogen) atoms. The molecule has 0 spiro atoms. The molecule has 2 aromatic rings. The maximum atomic E-state index is 12.0. The van der Waals surface area contributed by atoms with E-state index in [1.807, 2.05) is 24.5 Å². The number of carbonyl (C=O) groups excluding carboxylic acids is 1. The van der Waals surface area contributed by atoms with Gasteiger partial charge < -0.3 is 15.0 Å². The van der Waals surface area contributed by atoms with E-state index in [0.29, 0.717) is 17.9 Å². The monoisotopic (exact) mass is 308 g/mol. The van der Waals surface area contributed by atoms with Crippen molar-refractivity contribution >= 4 is 21.8 Å². The topological polar surface area (TPSA) is 54.1 Å². The van der Waals surface area contributed by atoms with Gasteiger partial charge in [-0.1, -0.05) is 15.9 Å². The number of carbonyl (C=O) groups is 1. The summed E-state index contributed by atoms with van der Waals surface area (Å²) in [6, 6.07) is 7.23. The van der Waals surface area contributed by atoms with Crippen molar-refractivity contribution < 1.29 is 9.53 Å². The molecule has 4 nitrogen and oxygen atoms in total. The minimum absolute atomic E-state index is 0.152. The van der Waals surface area contributed by atoms with E-state index in [0.717, 1.165) is 10.0 Å². The first-order chi connectivity index (χ1) is 8.70. The number of H-pyrrole nitrogens is 1. The largest absolute Gasteiger partial charge is 0.496 e. The van der Waals surface area contributed by atoms with Gasteiger partial charge in [-0.3, -0.25) is 4.79 Å². The van der Waals surface area contributed by atoms with Gasteiger partial charge in [-0.25, -0.2) is 0 Å². The molecule has 94 valence electrons. The molecule has 2 N–H and O–H groups in total. The van der Waals surface area contributed by atoms with Gasteiger partial charge >= 0.3 is 0 Å². The van der Waals surface area contributed by atoms with E-state index in [9.17, 15) is 4.79 Å². The Hall–Kier alpha value is -1.75. The fourth-order valence-corrected chi connectivity index (χ4v) is 1.94. The van der Waals surface area contributed by atoms with Gasteiger partial charge in [-0.15, -0.1) is 0 Å². The van der Waals surface area contributed by atoms with E-state index in [1.54, 1.807) is 19.2 Å². The predicted molar refractivity (Wildman–Crippen MR) is 72.7 cm³/mol. The van der Waals surface area contributed by atoms with E-state index in [-0.39, 0.29) is 5.91 Å². The molecule has 1 amide bonds. The second kappa shape index (κ2) is 5.73. The summed E-state index contributed by atoms with van der Waals surface area (Å²) in [5, 5.41) is 2.84. The standard InChI is InChI=1S/C13H13BrN2O2/c1-18-12-6-10(14)2-3-11(12)13(17)16-8-9-4-5-15-7-9/h2-7,15H,8H2,1H3,(H,16,17). The van der Waals surface area contributed by atoms with Crippen LogP contribution in [0.1, 0.15) is 15.9 Å². The Kier molecular flexibility index (Phi) is 4.04. The second-order valence-electron chi connectivity index (χ2n) is 3.75. The number of hydrogen-bond donors (Lipinski definition) is 2. The van der Waals surface area contributed by atoms with Crippen LogP contribution < -0.4 is 10.1 Å². The summed E-state index contributed by atoms with van der Waals surface area (Å²) in [5.74, 6) is 0.400. The summed E-state index contributed by atoms with van der Waals surface area (Å²) in [7, 11) is 1.55. The Morgan fingerprint density at radius 2 is 2.28 bits per heavy atom. The van der Waals surface area contributed by atoms with Crippen molar-refractivity contribution in [3.05, 3.63) is 52.3 Å². The van der Waals surface area contributed by atoms with Gasteiger partial charge in [0.2, 0.25) is 0 Å². The van der Waals surface area contributed by atoms with Crippen molar-refractivity contribution in [1.82, 2.24) is 10.3 Å². The van der Waals surface area contributed by atoms with Crippen LogP contribution >= 0.6 is 15.9 Å². The summed E-state index contributed by atoms with van der Waals surface area (Å²) in [5.41, 5.74) is 1.55. The summed E-state index contributed by atoms with van der Waals surface area (Å²) in [6.07, 6.45) is 3.67. The lowest BCUT2D eigenvalue weighted by Crippen LogP contribution is -2.23. The molecule has 5 heteroatoms. The third kappa shape index (κ3) is 2.92. The number of benzene rings is 1. The molecule has 0 aliphatic heterocycles. The van der Waals surface area contributed by atoms with Crippen molar-refractivity contribution in [3.63, 3.8) is 0 Å². The fourth-order valence-electron chi connectivity index (χ4n) is 1.60. The Morgan fingerprint density at radius 3 is 2.94 bits per heavy atom. The molecule has 0 unspecified atom stereocenters. The van der Waals surface area contributed by atoms with Crippen LogP contribution in [-0.2, 0) is 6.54 Å². The van der Waals surface area contributed by atoms with Gasteiger partial charge in [-0.05, 0) is 29.8 Å². The highest BCUT2D eigenvalue weighted by molar-refractivity contribution is 9.10. The van der Waals surface area contributed by atoms with Gasteiger partial charge in [-0.2, -0.15) is 0 Å². The molecular formula is C13H13BrN2O2. The molecule has 0 bridgehead atoms. The number of ether oxygens (including phenoxy) is 1. The summed E-state index contributed by atoms with van der Waals surface area (Å²) in [4.78, 5) is 15.0. The number of rotatable bonds is 4. The number of aromatic amines is 1. The third-order valence-corrected chi connectivity index (χ3v) is 3.02. The van der Waals surface area contributed by atoms with Crippen LogP contribution in [0.5, 0.6) is 5.75 Å². The van der Waals surface area contributed by atoms with Crippen LogP contribution in [-0.4, -0.2) is 18.0 Å². The van der Waals surface area contributed by atoms with E-state index in [1.165, 1.54) is 0 Å². The number of nitrogens with one attached hydrogen (secondary N) is 2. The molecule has 1 aromatic carbocycles. The molecule has 0 atom stereocenters. The van der Waals surface area contributed by atoms with Crippen LogP contribution in [0.2, 0.25) is 0 Å². The molecule has 1 aromatic heterocycles. The average molecular weight is 309 g/mol. The zero-order valence-electron chi connectivity index (χ0n) is 9.87. The van der Waals surface area contributed by atoms with Crippen molar-refractivity contribution in [2.24, 2.45) is 0 Å². The van der Waals surface area contributed by atoms with Crippen molar-refractivity contribution in [1.29, 1.82) is 0 Å². The maximum Gasteiger partial charge on any atom is 0.255 e. The number of amides is 1. The van der Waals surface area contributed by atoms with E-state index >= 15 is 0 Å². The molecule has 2 rings (SSSR count). The predicted octanol–water partition coefficient (Wildman–Crippen LogP) is 2.72. The lowest BCUT2D eigenvalue weighted by atomic mass is 10.2. The Bertz CT molecular complexity index is 538. The quantitative estimate of drug-likeness (QED) is 0.912. The van der Waals surface area contributed by atoms with Crippen LogP contribution in [0.25, 0.3) is 0 Å². The van der Waals surface area contributed by atoms with Crippen LogP contribution in [0.15, 0.2) is 41.1 Å². The van der Waals surface area contributed by atoms with Crippen molar-refractivity contribution in [2.75, 3.05) is 7.11 Å². The lowest BCUT2D eigenvalue weighted by Gasteiger charge is -2.09. The first kappa shape index (κ1) is 12.7.